The first kappa shape index (κ1) is 20.3. The highest BCUT2D eigenvalue weighted by Gasteiger charge is 2.35. The molecule has 0 saturated carbocycles. The summed E-state index contributed by atoms with van der Waals surface area (Å²) >= 11 is 6.37. The Kier molecular flexibility index (Phi) is 5.59. The van der Waals surface area contributed by atoms with Crippen LogP contribution in [-0.2, 0) is 0 Å². The Morgan fingerprint density at radius 1 is 1.19 bits per heavy atom. The lowest BCUT2D eigenvalue weighted by atomic mass is 9.84. The quantitative estimate of drug-likeness (QED) is 0.588. The summed E-state index contributed by atoms with van der Waals surface area (Å²) in [6, 6.07) is 12.8. The maximum absolute atomic E-state index is 13.0. The second-order valence-corrected chi connectivity index (χ2v) is 8.67. The Morgan fingerprint density at radius 2 is 2.00 bits per heavy atom. The fourth-order valence-corrected chi connectivity index (χ4v) is 4.99. The van der Waals surface area contributed by atoms with Gasteiger partial charge >= 0.3 is 0 Å². The van der Waals surface area contributed by atoms with Crippen molar-refractivity contribution in [3.63, 3.8) is 0 Å². The van der Waals surface area contributed by atoms with E-state index in [1.54, 1.807) is 24.3 Å². The molecule has 7 heteroatoms. The highest BCUT2D eigenvalue weighted by atomic mass is 35.5. The van der Waals surface area contributed by atoms with Crippen molar-refractivity contribution in [3.05, 3.63) is 53.2 Å². The number of nitrogens with one attached hydrogen (secondary N) is 1. The minimum atomic E-state index is -0.579. The molecule has 2 bridgehead atoms. The van der Waals surface area contributed by atoms with E-state index in [9.17, 15) is 9.18 Å². The topological polar surface area (TPSA) is 54.7 Å². The van der Waals surface area contributed by atoms with Gasteiger partial charge in [0.15, 0.2) is 5.76 Å². The van der Waals surface area contributed by atoms with E-state index in [1.165, 1.54) is 0 Å². The number of hydrogen-bond donors (Lipinski definition) is 1. The number of halogens is 2. The molecule has 1 N–H and O–H groups in total. The molecule has 1 atom stereocenters. The van der Waals surface area contributed by atoms with Crippen LogP contribution in [0.5, 0.6) is 5.75 Å². The number of furan rings is 1. The predicted molar refractivity (Wildman–Crippen MR) is 119 cm³/mol. The van der Waals surface area contributed by atoms with Gasteiger partial charge in [0.2, 0.25) is 0 Å². The van der Waals surface area contributed by atoms with E-state index in [4.69, 9.17) is 20.8 Å². The summed E-state index contributed by atoms with van der Waals surface area (Å²) in [6.07, 6.45) is 2.25. The number of ether oxygens (including phenoxy) is 1. The van der Waals surface area contributed by atoms with Gasteiger partial charge in [0, 0.05) is 34.1 Å². The summed E-state index contributed by atoms with van der Waals surface area (Å²) in [4.78, 5) is 15.4. The van der Waals surface area contributed by atoms with E-state index in [0.29, 0.717) is 27.8 Å². The molecule has 162 valence electrons. The lowest BCUT2D eigenvalue weighted by Gasteiger charge is -2.44. The summed E-state index contributed by atoms with van der Waals surface area (Å²) in [6.45, 7) is 2.52. The van der Waals surface area contributed by atoms with Crippen LogP contribution in [0.15, 0.2) is 46.9 Å². The third-order valence-electron chi connectivity index (χ3n) is 6.29. The maximum atomic E-state index is 13.0. The summed E-state index contributed by atoms with van der Waals surface area (Å²) in [5.74, 6) is 1.12. The molecule has 3 aromatic rings. The second kappa shape index (κ2) is 8.52. The third-order valence-corrected chi connectivity index (χ3v) is 6.51. The zero-order chi connectivity index (χ0) is 21.4. The van der Waals surface area contributed by atoms with Gasteiger partial charge in [0.05, 0.1) is 0 Å². The largest absolute Gasteiger partial charge is 0.490 e. The zero-order valence-electron chi connectivity index (χ0n) is 17.1. The van der Waals surface area contributed by atoms with Crippen molar-refractivity contribution in [2.24, 2.45) is 5.92 Å². The van der Waals surface area contributed by atoms with Crippen molar-refractivity contribution in [1.82, 2.24) is 10.2 Å². The molecule has 3 aliphatic heterocycles. The normalized spacial score (nSPS) is 22.6. The van der Waals surface area contributed by atoms with Crippen LogP contribution < -0.4 is 10.1 Å². The molecule has 0 radical (unpaired) electrons. The number of hydrogen-bond acceptors (Lipinski definition) is 4. The Balaban J connectivity index is 1.47. The number of carbonyl (C=O) groups excluding carboxylic acids is 1. The number of fused-ring (bicyclic) bond motifs is 4. The van der Waals surface area contributed by atoms with Crippen LogP contribution in [0.3, 0.4) is 0 Å². The number of carbonyl (C=O) groups is 1. The van der Waals surface area contributed by atoms with Gasteiger partial charge in [-0.15, -0.1) is 0 Å². The van der Waals surface area contributed by atoms with Gasteiger partial charge < -0.3 is 19.4 Å². The number of nitrogens with zero attached hydrogens (tertiary/aromatic N) is 1. The van der Waals surface area contributed by atoms with Crippen molar-refractivity contribution in [1.29, 1.82) is 0 Å². The Morgan fingerprint density at radius 3 is 2.74 bits per heavy atom. The molecule has 0 aliphatic carbocycles. The van der Waals surface area contributed by atoms with Crippen LogP contribution >= 0.6 is 11.6 Å². The van der Waals surface area contributed by atoms with Crippen molar-refractivity contribution in [2.75, 3.05) is 32.9 Å². The molecule has 3 aliphatic rings. The fourth-order valence-electron chi connectivity index (χ4n) is 4.76. The average Bonchev–Trinajstić information content (AvgIpc) is 3.22. The first-order valence-corrected chi connectivity index (χ1v) is 11.0. The Hall–Kier alpha value is -2.57. The molecular weight excluding hydrogens is 419 g/mol. The van der Waals surface area contributed by atoms with Crippen LogP contribution in [-0.4, -0.2) is 49.8 Å². The summed E-state index contributed by atoms with van der Waals surface area (Å²) in [5.41, 5.74) is 2.00. The van der Waals surface area contributed by atoms with Crippen molar-refractivity contribution >= 4 is 28.5 Å². The highest BCUT2D eigenvalue weighted by Crippen LogP contribution is 2.38. The number of alkyl halides is 1. The van der Waals surface area contributed by atoms with Crippen LogP contribution in [0.4, 0.5) is 4.39 Å². The maximum Gasteiger partial charge on any atom is 0.287 e. The number of para-hydroxylation sites is 1. The Labute approximate surface area is 185 Å². The van der Waals surface area contributed by atoms with Gasteiger partial charge in [-0.25, -0.2) is 4.39 Å². The van der Waals surface area contributed by atoms with Crippen LogP contribution in [0, 0.1) is 5.92 Å². The third kappa shape index (κ3) is 4.02. The predicted octanol–water partition coefficient (Wildman–Crippen LogP) is 4.93. The van der Waals surface area contributed by atoms with Crippen LogP contribution in [0.2, 0.25) is 5.02 Å². The van der Waals surface area contributed by atoms with E-state index in [2.05, 4.69) is 10.2 Å². The number of amides is 1. The van der Waals surface area contributed by atoms with E-state index < -0.39 is 6.67 Å². The summed E-state index contributed by atoms with van der Waals surface area (Å²) in [5, 5.41) is 4.43. The lowest BCUT2D eigenvalue weighted by Crippen LogP contribution is -2.57. The molecule has 1 amide bonds. The van der Waals surface area contributed by atoms with Crippen molar-refractivity contribution < 1.29 is 18.3 Å². The van der Waals surface area contributed by atoms with E-state index in [0.717, 1.165) is 43.4 Å². The molecule has 5 nitrogen and oxygen atoms in total. The Bertz CT molecular complexity index is 1110. The summed E-state index contributed by atoms with van der Waals surface area (Å²) < 4.78 is 24.3. The molecule has 4 heterocycles. The van der Waals surface area contributed by atoms with Gasteiger partial charge in [0.25, 0.3) is 5.91 Å². The SMILES string of the molecule is O=C(N[C@@H]1CN2CCC1CC2)c1cc2cc(Cl)cc(-c3ccccc3OCCF)c2o1. The minimum Gasteiger partial charge on any atom is -0.490 e. The van der Waals surface area contributed by atoms with Crippen LogP contribution in [0.1, 0.15) is 23.4 Å². The standard InChI is InChI=1S/C24H24ClFN2O3/c25-17-11-16-12-22(24(29)27-20-14-28-8-5-15(20)6-9-28)31-23(16)19(13-17)18-3-1-2-4-21(18)30-10-7-26/h1-4,11-13,15,20H,5-10,14H2,(H,27,29)/t20-/m1/s1. The van der Waals surface area contributed by atoms with Gasteiger partial charge in [-0.05, 0) is 56.1 Å². The molecule has 1 aromatic heterocycles. The summed E-state index contributed by atoms with van der Waals surface area (Å²) in [7, 11) is 0. The number of benzene rings is 2. The first-order chi connectivity index (χ1) is 15.1. The molecular formula is C24H24ClFN2O3. The smallest absolute Gasteiger partial charge is 0.287 e. The second-order valence-electron chi connectivity index (χ2n) is 8.23. The van der Waals surface area contributed by atoms with Gasteiger partial charge in [-0.2, -0.15) is 0 Å². The van der Waals surface area contributed by atoms with Gasteiger partial charge in [0.1, 0.15) is 24.6 Å². The lowest BCUT2D eigenvalue weighted by molar-refractivity contribution is 0.0607. The number of rotatable bonds is 6. The molecule has 2 aromatic carbocycles. The number of piperidine rings is 3. The van der Waals surface area contributed by atoms with Crippen molar-refractivity contribution in [3.8, 4) is 16.9 Å². The van der Waals surface area contributed by atoms with Gasteiger partial charge in [-0.1, -0.05) is 29.8 Å². The molecule has 6 rings (SSSR count). The molecule has 0 unspecified atom stereocenters. The molecule has 31 heavy (non-hydrogen) atoms. The monoisotopic (exact) mass is 442 g/mol. The highest BCUT2D eigenvalue weighted by molar-refractivity contribution is 6.32. The molecule has 0 spiro atoms. The van der Waals surface area contributed by atoms with Gasteiger partial charge in [-0.3, -0.25) is 4.79 Å². The first-order valence-electron chi connectivity index (χ1n) is 10.7. The minimum absolute atomic E-state index is 0.0356. The van der Waals surface area contributed by atoms with E-state index in [-0.39, 0.29) is 24.3 Å². The van der Waals surface area contributed by atoms with E-state index in [1.807, 2.05) is 18.2 Å². The fraction of sp³-hybridized carbons (Fsp3) is 0.375. The average molecular weight is 443 g/mol. The molecule has 3 fully saturated rings. The molecule has 3 saturated heterocycles. The van der Waals surface area contributed by atoms with E-state index >= 15 is 0 Å². The van der Waals surface area contributed by atoms with Crippen molar-refractivity contribution in [2.45, 2.75) is 18.9 Å². The van der Waals surface area contributed by atoms with Crippen LogP contribution in [0.25, 0.3) is 22.1 Å². The zero-order valence-corrected chi connectivity index (χ0v) is 17.8.